The molecule has 0 saturated carbocycles. The van der Waals surface area contributed by atoms with Gasteiger partial charge in [0.25, 0.3) is 10.4 Å². The number of primary amides is 1. The first-order valence-electron chi connectivity index (χ1n) is 4.53. The van der Waals surface area contributed by atoms with Gasteiger partial charge in [-0.1, -0.05) is 30.8 Å². The van der Waals surface area contributed by atoms with E-state index in [9.17, 15) is 0 Å². The van der Waals surface area contributed by atoms with Crippen molar-refractivity contribution in [2.75, 3.05) is 14.1 Å². The third-order valence-electron chi connectivity index (χ3n) is 0.962. The van der Waals surface area contributed by atoms with Crippen molar-refractivity contribution < 1.29 is 9.53 Å². The van der Waals surface area contributed by atoms with Gasteiger partial charge < -0.3 is 21.5 Å². The minimum Gasteiger partial charge on any atom is -0.432 e. The van der Waals surface area contributed by atoms with Crippen LogP contribution in [0.4, 0.5) is 4.79 Å². The van der Waals surface area contributed by atoms with Crippen molar-refractivity contribution in [1.29, 1.82) is 0 Å². The molecule has 0 aliphatic heterocycles. The van der Waals surface area contributed by atoms with E-state index in [2.05, 4.69) is 35.9 Å². The molecule has 17 heavy (non-hydrogen) atoms. The molecule has 7 heteroatoms. The van der Waals surface area contributed by atoms with Crippen LogP contribution in [0.3, 0.4) is 0 Å². The van der Waals surface area contributed by atoms with Crippen molar-refractivity contribution >= 4 is 35.3 Å². The third kappa shape index (κ3) is 20.7. The number of nitrogens with one attached hydrogen (secondary N) is 1. The zero-order chi connectivity index (χ0) is 13.7. The highest BCUT2D eigenvalue weighted by Gasteiger charge is 1.90. The van der Waals surface area contributed by atoms with Gasteiger partial charge in [0.15, 0.2) is 0 Å². The summed E-state index contributed by atoms with van der Waals surface area (Å²) in [5.74, 6) is 0.676. The fourth-order valence-electron chi connectivity index (χ4n) is 0.605. The Hall–Kier alpha value is -1.31. The molecule has 0 aliphatic carbocycles. The monoisotopic (exact) mass is 275 g/mol. The number of carbonyl (C=O) groups is 1. The van der Waals surface area contributed by atoms with Gasteiger partial charge in [0, 0.05) is 0 Å². The number of rotatable bonds is 1. The second-order valence-corrected chi connectivity index (χ2v) is 3.42. The van der Waals surface area contributed by atoms with Crippen molar-refractivity contribution in [1.82, 2.24) is 5.32 Å². The summed E-state index contributed by atoms with van der Waals surface area (Å²) in [7, 11) is 3.75. The number of thiocarbonyl (C=S) groups is 1. The highest BCUT2D eigenvalue weighted by atomic mass is 32.1. The standard InChI is InChI=1S/C7H7NOS.C2H7N.CH3NOS/c8-7(10)9-6-4-2-1-3-5-6;1-3-2;2-1(3)4/h1-5H,(H2,8,10);3H,1-2H3;(H3,2,3,4). The normalized spacial score (nSPS) is 7.71. The Morgan fingerprint density at radius 1 is 1.29 bits per heavy atom. The van der Waals surface area contributed by atoms with E-state index in [-0.39, 0.29) is 5.17 Å². The van der Waals surface area contributed by atoms with Crippen LogP contribution in [0.2, 0.25) is 0 Å². The Labute approximate surface area is 112 Å². The van der Waals surface area contributed by atoms with Gasteiger partial charge in [-0.3, -0.25) is 4.79 Å². The van der Waals surface area contributed by atoms with Gasteiger partial charge in [0.1, 0.15) is 5.75 Å². The molecule has 5 nitrogen and oxygen atoms in total. The third-order valence-corrected chi connectivity index (χ3v) is 1.04. The maximum atomic E-state index is 9.09. The topological polar surface area (TPSA) is 90.4 Å². The Morgan fingerprint density at radius 2 is 1.65 bits per heavy atom. The molecule has 0 saturated heterocycles. The highest BCUT2D eigenvalue weighted by Crippen LogP contribution is 2.07. The molecule has 0 radical (unpaired) electrons. The molecular formula is C10H17N3O2S2. The number of carbonyl (C=O) groups excluding carboxylic acids is 1. The first-order valence-corrected chi connectivity index (χ1v) is 5.38. The summed E-state index contributed by atoms with van der Waals surface area (Å²) in [5.41, 5.74) is 9.47. The molecule has 0 aliphatic rings. The molecule has 1 aromatic rings. The van der Waals surface area contributed by atoms with Crippen LogP contribution in [0, 0.1) is 0 Å². The molecule has 0 spiro atoms. The SMILES string of the molecule is CNC.NC(=O)S.NC(=S)Oc1ccccc1. The van der Waals surface area contributed by atoms with Crippen LogP contribution in [0.5, 0.6) is 5.75 Å². The molecule has 1 amide bonds. The molecule has 5 N–H and O–H groups in total. The van der Waals surface area contributed by atoms with Crippen LogP contribution in [-0.4, -0.2) is 24.5 Å². The van der Waals surface area contributed by atoms with Crippen molar-refractivity contribution in [3.8, 4) is 5.75 Å². The molecular weight excluding hydrogens is 258 g/mol. The van der Waals surface area contributed by atoms with Gasteiger partial charge in [-0.2, -0.15) is 0 Å². The number of para-hydroxylation sites is 1. The molecule has 0 bridgehead atoms. The van der Waals surface area contributed by atoms with E-state index in [0.29, 0.717) is 5.75 Å². The summed E-state index contributed by atoms with van der Waals surface area (Å²) in [4.78, 5) is 9.09. The number of hydrogen-bond donors (Lipinski definition) is 4. The number of nitrogens with two attached hydrogens (primary N) is 2. The molecule has 1 rings (SSSR count). The number of ether oxygens (including phenoxy) is 1. The van der Waals surface area contributed by atoms with E-state index in [1.54, 1.807) is 12.1 Å². The number of benzene rings is 1. The van der Waals surface area contributed by atoms with Crippen LogP contribution < -0.4 is 21.5 Å². The lowest BCUT2D eigenvalue weighted by Gasteiger charge is -1.99. The van der Waals surface area contributed by atoms with Crippen LogP contribution in [0.25, 0.3) is 0 Å². The molecule has 0 unspecified atom stereocenters. The largest absolute Gasteiger partial charge is 0.432 e. The predicted octanol–water partition coefficient (Wildman–Crippen LogP) is 1.14. The van der Waals surface area contributed by atoms with Gasteiger partial charge in [-0.15, -0.1) is 0 Å². The number of amides is 1. The Kier molecular flexibility index (Phi) is 13.6. The van der Waals surface area contributed by atoms with E-state index < -0.39 is 5.24 Å². The lowest BCUT2D eigenvalue weighted by molar-refractivity contribution is 0.267. The quantitative estimate of drug-likeness (QED) is 0.456. The fraction of sp³-hybridized carbons (Fsp3) is 0.200. The first kappa shape index (κ1) is 18.1. The summed E-state index contributed by atoms with van der Waals surface area (Å²) >= 11 is 7.64. The zero-order valence-electron chi connectivity index (χ0n) is 9.71. The average Bonchev–Trinajstić information content (AvgIpc) is 2.18. The van der Waals surface area contributed by atoms with E-state index in [1.807, 2.05) is 32.3 Å². The van der Waals surface area contributed by atoms with E-state index in [1.165, 1.54) is 0 Å². The van der Waals surface area contributed by atoms with Gasteiger partial charge in [-0.05, 0) is 38.4 Å². The fourth-order valence-corrected chi connectivity index (χ4v) is 0.701. The number of hydrogen-bond acceptors (Lipinski definition) is 4. The minimum absolute atomic E-state index is 0.0474. The van der Waals surface area contributed by atoms with Gasteiger partial charge in [0.05, 0.1) is 0 Å². The van der Waals surface area contributed by atoms with Crippen LogP contribution in [0.1, 0.15) is 0 Å². The second-order valence-electron chi connectivity index (χ2n) is 2.57. The second kappa shape index (κ2) is 12.8. The lowest BCUT2D eigenvalue weighted by atomic mass is 10.3. The van der Waals surface area contributed by atoms with E-state index in [4.69, 9.17) is 15.3 Å². The van der Waals surface area contributed by atoms with Gasteiger partial charge in [-0.25, -0.2) is 0 Å². The summed E-state index contributed by atoms with van der Waals surface area (Å²) in [6.07, 6.45) is 0. The molecule has 0 atom stereocenters. The highest BCUT2D eigenvalue weighted by molar-refractivity contribution is 7.96. The summed E-state index contributed by atoms with van der Waals surface area (Å²) in [5, 5.41) is 2.16. The maximum absolute atomic E-state index is 9.09. The first-order chi connectivity index (χ1) is 7.93. The van der Waals surface area contributed by atoms with Gasteiger partial charge in [0.2, 0.25) is 0 Å². The maximum Gasteiger partial charge on any atom is 0.273 e. The minimum atomic E-state index is -0.639. The Bertz CT molecular complexity index is 317. The summed E-state index contributed by atoms with van der Waals surface area (Å²) in [6, 6.07) is 9.19. The zero-order valence-corrected chi connectivity index (χ0v) is 11.4. The molecule has 0 heterocycles. The van der Waals surface area contributed by atoms with Crippen molar-refractivity contribution in [3.63, 3.8) is 0 Å². The Morgan fingerprint density at radius 3 is 1.94 bits per heavy atom. The van der Waals surface area contributed by atoms with Crippen LogP contribution in [-0.2, 0) is 0 Å². The molecule has 0 aromatic heterocycles. The number of thiol groups is 1. The van der Waals surface area contributed by atoms with Crippen molar-refractivity contribution in [3.05, 3.63) is 30.3 Å². The average molecular weight is 275 g/mol. The smallest absolute Gasteiger partial charge is 0.273 e. The summed E-state index contributed by atoms with van der Waals surface area (Å²) < 4.78 is 4.92. The molecule has 1 aromatic carbocycles. The van der Waals surface area contributed by atoms with Crippen molar-refractivity contribution in [2.24, 2.45) is 11.5 Å². The van der Waals surface area contributed by atoms with E-state index >= 15 is 0 Å². The molecule has 96 valence electrons. The molecule has 0 fully saturated rings. The Balaban J connectivity index is 0. The lowest BCUT2D eigenvalue weighted by Crippen LogP contribution is -2.15. The van der Waals surface area contributed by atoms with E-state index in [0.717, 1.165) is 0 Å². The van der Waals surface area contributed by atoms with Gasteiger partial charge >= 0.3 is 0 Å². The van der Waals surface area contributed by atoms with Crippen molar-refractivity contribution in [2.45, 2.75) is 0 Å². The summed E-state index contributed by atoms with van der Waals surface area (Å²) in [6.45, 7) is 0. The predicted molar refractivity (Wildman–Crippen MR) is 77.4 cm³/mol. The van der Waals surface area contributed by atoms with Crippen LogP contribution >= 0.6 is 24.8 Å². The van der Waals surface area contributed by atoms with Crippen LogP contribution in [0.15, 0.2) is 30.3 Å².